The van der Waals surface area contributed by atoms with E-state index in [0.717, 1.165) is 26.1 Å². The van der Waals surface area contributed by atoms with Crippen molar-refractivity contribution in [3.8, 4) is 0 Å². The van der Waals surface area contributed by atoms with Gasteiger partial charge >= 0.3 is 0 Å². The van der Waals surface area contributed by atoms with E-state index in [1.165, 1.54) is 22.7 Å². The van der Waals surface area contributed by atoms with Crippen LogP contribution in [0.2, 0.25) is 0 Å². The Hall–Kier alpha value is -1.40. The molecular formula is C17H27N3O2S. The number of likely N-dealkylation sites (N-methyl/N-ethyl adjacent to an activating group) is 3. The third-order valence-corrected chi connectivity index (χ3v) is 5.38. The Morgan fingerprint density at radius 3 is 2.78 bits per heavy atom. The molecule has 0 aromatic carbocycles. The molecule has 0 aliphatic carbocycles. The SMILES string of the molecule is CCN(CC1CCCN1CC)C(=O)CN(C)C(=O)c1cccs1. The number of hydrogen-bond donors (Lipinski definition) is 0. The van der Waals surface area contributed by atoms with Gasteiger partial charge in [-0.3, -0.25) is 14.5 Å². The zero-order chi connectivity index (χ0) is 16.8. The first-order valence-corrected chi connectivity index (χ1v) is 9.25. The minimum absolute atomic E-state index is 0.0304. The predicted molar refractivity (Wildman–Crippen MR) is 93.8 cm³/mol. The quantitative estimate of drug-likeness (QED) is 0.766. The molecule has 1 aliphatic heterocycles. The van der Waals surface area contributed by atoms with Crippen molar-refractivity contribution in [3.63, 3.8) is 0 Å². The molecule has 2 amide bonds. The summed E-state index contributed by atoms with van der Waals surface area (Å²) < 4.78 is 0. The third-order valence-electron chi connectivity index (χ3n) is 4.52. The highest BCUT2D eigenvalue weighted by atomic mass is 32.1. The maximum Gasteiger partial charge on any atom is 0.264 e. The van der Waals surface area contributed by atoms with Crippen LogP contribution in [0.5, 0.6) is 0 Å². The van der Waals surface area contributed by atoms with Crippen LogP contribution in [-0.2, 0) is 4.79 Å². The van der Waals surface area contributed by atoms with Crippen molar-refractivity contribution in [2.24, 2.45) is 0 Å². The summed E-state index contributed by atoms with van der Waals surface area (Å²) in [6.45, 7) is 7.94. The summed E-state index contributed by atoms with van der Waals surface area (Å²) in [5, 5.41) is 1.88. The van der Waals surface area contributed by atoms with Gasteiger partial charge in [-0.1, -0.05) is 13.0 Å². The molecule has 6 heteroatoms. The van der Waals surface area contributed by atoms with Gasteiger partial charge in [0.1, 0.15) is 0 Å². The van der Waals surface area contributed by atoms with E-state index in [2.05, 4.69) is 11.8 Å². The number of carbonyl (C=O) groups is 2. The van der Waals surface area contributed by atoms with Gasteiger partial charge in [-0.25, -0.2) is 0 Å². The highest BCUT2D eigenvalue weighted by molar-refractivity contribution is 7.12. The molecule has 1 unspecified atom stereocenters. The van der Waals surface area contributed by atoms with Gasteiger partial charge in [0.25, 0.3) is 5.91 Å². The first-order valence-electron chi connectivity index (χ1n) is 8.37. The number of likely N-dealkylation sites (tertiary alicyclic amines) is 1. The fourth-order valence-electron chi connectivity index (χ4n) is 3.14. The predicted octanol–water partition coefficient (Wildman–Crippen LogP) is 2.15. The molecule has 0 radical (unpaired) electrons. The molecule has 1 aromatic rings. The van der Waals surface area contributed by atoms with Crippen molar-refractivity contribution in [1.29, 1.82) is 0 Å². The number of rotatable bonds is 7. The Morgan fingerprint density at radius 2 is 2.17 bits per heavy atom. The molecule has 23 heavy (non-hydrogen) atoms. The van der Waals surface area contributed by atoms with E-state index < -0.39 is 0 Å². The average Bonchev–Trinajstić information content (AvgIpc) is 3.22. The van der Waals surface area contributed by atoms with E-state index >= 15 is 0 Å². The molecule has 5 nitrogen and oxygen atoms in total. The van der Waals surface area contributed by atoms with Gasteiger partial charge in [0.15, 0.2) is 0 Å². The first kappa shape index (κ1) is 17.9. The normalized spacial score (nSPS) is 18.1. The van der Waals surface area contributed by atoms with Crippen molar-refractivity contribution >= 4 is 23.2 Å². The number of thiophene rings is 1. The van der Waals surface area contributed by atoms with Crippen LogP contribution in [0.3, 0.4) is 0 Å². The van der Waals surface area contributed by atoms with Crippen molar-refractivity contribution in [2.75, 3.05) is 39.8 Å². The standard InChI is InChI=1S/C17H27N3O2S/c1-4-19-10-6-8-14(19)12-20(5-2)16(21)13-18(3)17(22)15-9-7-11-23-15/h7,9,11,14H,4-6,8,10,12-13H2,1-3H3. The third kappa shape index (κ3) is 4.54. The van der Waals surface area contributed by atoms with Crippen LogP contribution < -0.4 is 0 Å². The van der Waals surface area contributed by atoms with E-state index in [-0.39, 0.29) is 18.4 Å². The second-order valence-corrected chi connectivity index (χ2v) is 6.94. The van der Waals surface area contributed by atoms with Gasteiger partial charge in [0.2, 0.25) is 5.91 Å². The monoisotopic (exact) mass is 337 g/mol. The Kier molecular flexibility index (Phi) is 6.59. The Labute approximate surface area is 142 Å². The van der Waals surface area contributed by atoms with Gasteiger partial charge < -0.3 is 9.80 Å². The molecular weight excluding hydrogens is 310 g/mol. The lowest BCUT2D eigenvalue weighted by atomic mass is 10.2. The first-order chi connectivity index (χ1) is 11.1. The van der Waals surface area contributed by atoms with Gasteiger partial charge in [-0.15, -0.1) is 11.3 Å². The second-order valence-electron chi connectivity index (χ2n) is 6.00. The zero-order valence-corrected chi connectivity index (χ0v) is 15.1. The van der Waals surface area contributed by atoms with E-state index in [9.17, 15) is 9.59 Å². The fraction of sp³-hybridized carbons (Fsp3) is 0.647. The van der Waals surface area contributed by atoms with Crippen LogP contribution in [-0.4, -0.2) is 72.3 Å². The summed E-state index contributed by atoms with van der Waals surface area (Å²) in [7, 11) is 1.70. The summed E-state index contributed by atoms with van der Waals surface area (Å²) in [6, 6.07) is 4.11. The maximum atomic E-state index is 12.6. The fourth-order valence-corrected chi connectivity index (χ4v) is 3.86. The van der Waals surface area contributed by atoms with Gasteiger partial charge in [-0.05, 0) is 44.3 Å². The van der Waals surface area contributed by atoms with Crippen LogP contribution in [0, 0.1) is 0 Å². The largest absolute Gasteiger partial charge is 0.340 e. The lowest BCUT2D eigenvalue weighted by Gasteiger charge is -2.30. The lowest BCUT2D eigenvalue weighted by molar-refractivity contribution is -0.132. The molecule has 1 fully saturated rings. The number of nitrogens with zero attached hydrogens (tertiary/aromatic N) is 3. The molecule has 1 atom stereocenters. The molecule has 1 aliphatic rings. The van der Waals surface area contributed by atoms with Crippen molar-refractivity contribution in [3.05, 3.63) is 22.4 Å². The molecule has 2 rings (SSSR count). The summed E-state index contributed by atoms with van der Waals surface area (Å²) in [5.41, 5.74) is 0. The van der Waals surface area contributed by atoms with Gasteiger partial charge in [0.05, 0.1) is 11.4 Å². The molecule has 2 heterocycles. The average molecular weight is 337 g/mol. The van der Waals surface area contributed by atoms with E-state index in [4.69, 9.17) is 0 Å². The van der Waals surface area contributed by atoms with E-state index in [1.54, 1.807) is 13.1 Å². The van der Waals surface area contributed by atoms with Crippen LogP contribution in [0.25, 0.3) is 0 Å². The highest BCUT2D eigenvalue weighted by Crippen LogP contribution is 2.18. The Balaban J connectivity index is 1.90. The summed E-state index contributed by atoms with van der Waals surface area (Å²) in [5.74, 6) is -0.0525. The second kappa shape index (κ2) is 8.45. The molecule has 0 saturated carbocycles. The minimum atomic E-state index is -0.0829. The maximum absolute atomic E-state index is 12.6. The van der Waals surface area contributed by atoms with Crippen LogP contribution in [0.15, 0.2) is 17.5 Å². The van der Waals surface area contributed by atoms with Crippen LogP contribution in [0.1, 0.15) is 36.4 Å². The molecule has 0 bridgehead atoms. The van der Waals surface area contributed by atoms with Crippen molar-refractivity contribution in [1.82, 2.24) is 14.7 Å². The lowest BCUT2D eigenvalue weighted by Crippen LogP contribution is -2.46. The summed E-state index contributed by atoms with van der Waals surface area (Å²) in [4.78, 5) is 31.3. The van der Waals surface area contributed by atoms with Crippen molar-refractivity contribution < 1.29 is 9.59 Å². The van der Waals surface area contributed by atoms with Gasteiger partial charge in [-0.2, -0.15) is 0 Å². The number of amides is 2. The van der Waals surface area contributed by atoms with Crippen LogP contribution in [0.4, 0.5) is 0 Å². The summed E-state index contributed by atoms with van der Waals surface area (Å²) in [6.07, 6.45) is 2.36. The number of hydrogen-bond acceptors (Lipinski definition) is 4. The van der Waals surface area contributed by atoms with Gasteiger partial charge in [0, 0.05) is 26.2 Å². The smallest absolute Gasteiger partial charge is 0.264 e. The Bertz CT molecular complexity index is 518. The zero-order valence-electron chi connectivity index (χ0n) is 14.3. The Morgan fingerprint density at radius 1 is 1.39 bits per heavy atom. The molecule has 0 spiro atoms. The van der Waals surface area contributed by atoms with Crippen LogP contribution >= 0.6 is 11.3 Å². The summed E-state index contributed by atoms with van der Waals surface area (Å²) >= 11 is 1.41. The molecule has 0 N–H and O–H groups in total. The van der Waals surface area contributed by atoms with Crippen molar-refractivity contribution in [2.45, 2.75) is 32.7 Å². The van der Waals surface area contributed by atoms with E-state index in [1.807, 2.05) is 23.3 Å². The molecule has 1 saturated heterocycles. The van der Waals surface area contributed by atoms with E-state index in [0.29, 0.717) is 17.5 Å². The topological polar surface area (TPSA) is 43.9 Å². The minimum Gasteiger partial charge on any atom is -0.340 e. The molecule has 1 aromatic heterocycles. The number of carbonyl (C=O) groups excluding carboxylic acids is 2. The molecule has 128 valence electrons. The highest BCUT2D eigenvalue weighted by Gasteiger charge is 2.27.